The SMILES string of the molecule is NS(=O)(=O)c1c(F)c(F)c(SCCc2ccccc2)c(F)c1NC1Cc2ccccc2C1. The van der Waals surface area contributed by atoms with E-state index in [1.807, 2.05) is 54.6 Å². The average molecular weight is 479 g/mol. The lowest BCUT2D eigenvalue weighted by Gasteiger charge is -2.20. The van der Waals surface area contributed by atoms with Crippen LogP contribution in [-0.2, 0) is 29.3 Å². The number of thioether (sulfide) groups is 1. The highest BCUT2D eigenvalue weighted by atomic mass is 32.2. The Balaban J connectivity index is 1.66. The van der Waals surface area contributed by atoms with E-state index in [-0.39, 0.29) is 11.8 Å². The number of hydrogen-bond acceptors (Lipinski definition) is 4. The molecule has 0 unspecified atom stereocenters. The van der Waals surface area contributed by atoms with E-state index in [0.29, 0.717) is 19.3 Å². The highest BCUT2D eigenvalue weighted by Gasteiger charge is 2.33. The summed E-state index contributed by atoms with van der Waals surface area (Å²) < 4.78 is 69.0. The van der Waals surface area contributed by atoms with Gasteiger partial charge in [-0.05, 0) is 36.0 Å². The van der Waals surface area contributed by atoms with Crippen molar-refractivity contribution in [1.82, 2.24) is 0 Å². The lowest BCUT2D eigenvalue weighted by atomic mass is 10.1. The minimum atomic E-state index is -4.73. The molecular weight excluding hydrogens is 457 g/mol. The van der Waals surface area contributed by atoms with E-state index < -0.39 is 43.0 Å². The van der Waals surface area contributed by atoms with Crippen LogP contribution in [0.2, 0.25) is 0 Å². The Morgan fingerprint density at radius 2 is 1.50 bits per heavy atom. The fourth-order valence-electron chi connectivity index (χ4n) is 3.92. The molecule has 0 aromatic heterocycles. The largest absolute Gasteiger partial charge is 0.378 e. The van der Waals surface area contributed by atoms with Gasteiger partial charge in [0.1, 0.15) is 4.90 Å². The molecule has 0 bridgehead atoms. The smallest absolute Gasteiger partial charge is 0.243 e. The van der Waals surface area contributed by atoms with Crippen LogP contribution >= 0.6 is 11.8 Å². The van der Waals surface area contributed by atoms with Crippen LogP contribution in [0.5, 0.6) is 0 Å². The first kappa shape index (κ1) is 22.7. The standard InChI is InChI=1S/C23H21F3N2O2S2/c24-18-19(25)23(32(27,29)30)21(28-17-12-15-8-4-5-9-16(15)13-17)20(26)22(18)31-11-10-14-6-2-1-3-7-14/h1-9,17,28H,10-13H2,(H2,27,29,30). The molecule has 32 heavy (non-hydrogen) atoms. The lowest BCUT2D eigenvalue weighted by molar-refractivity contribution is 0.447. The molecule has 4 nitrogen and oxygen atoms in total. The number of benzene rings is 3. The number of hydrogen-bond donors (Lipinski definition) is 2. The molecule has 4 rings (SSSR count). The summed E-state index contributed by atoms with van der Waals surface area (Å²) in [7, 11) is -4.73. The predicted octanol–water partition coefficient (Wildman–Crippen LogP) is 4.67. The van der Waals surface area contributed by atoms with Gasteiger partial charge in [0.25, 0.3) is 0 Å². The van der Waals surface area contributed by atoms with Crippen molar-refractivity contribution in [3.63, 3.8) is 0 Å². The molecule has 0 atom stereocenters. The number of anilines is 1. The van der Waals surface area contributed by atoms with Gasteiger partial charge in [0.05, 0.1) is 10.6 Å². The molecule has 1 aliphatic carbocycles. The number of rotatable bonds is 7. The topological polar surface area (TPSA) is 72.2 Å². The zero-order valence-electron chi connectivity index (χ0n) is 16.9. The summed E-state index contributed by atoms with van der Waals surface area (Å²) in [5.41, 5.74) is 2.40. The molecule has 0 radical (unpaired) electrons. The summed E-state index contributed by atoms with van der Waals surface area (Å²) >= 11 is 0.796. The van der Waals surface area contributed by atoms with Crippen molar-refractivity contribution in [2.45, 2.75) is 35.1 Å². The van der Waals surface area contributed by atoms with E-state index in [0.717, 1.165) is 28.5 Å². The van der Waals surface area contributed by atoms with Crippen LogP contribution < -0.4 is 10.5 Å². The van der Waals surface area contributed by atoms with Gasteiger partial charge in [-0.2, -0.15) is 0 Å². The maximum atomic E-state index is 15.4. The molecule has 0 spiro atoms. The number of sulfonamides is 1. The monoisotopic (exact) mass is 478 g/mol. The highest BCUT2D eigenvalue weighted by Crippen LogP contribution is 2.38. The van der Waals surface area contributed by atoms with Crippen molar-refractivity contribution in [3.05, 3.63) is 88.7 Å². The molecule has 0 heterocycles. The molecule has 1 aliphatic rings. The Labute approximate surface area is 189 Å². The van der Waals surface area contributed by atoms with Gasteiger partial charge in [0.15, 0.2) is 17.5 Å². The highest BCUT2D eigenvalue weighted by molar-refractivity contribution is 7.99. The number of nitrogens with two attached hydrogens (primary N) is 1. The summed E-state index contributed by atoms with van der Waals surface area (Å²) in [6, 6.07) is 16.5. The van der Waals surface area contributed by atoms with Crippen LogP contribution in [0, 0.1) is 17.5 Å². The predicted molar refractivity (Wildman–Crippen MR) is 120 cm³/mol. The van der Waals surface area contributed by atoms with Crippen molar-refractivity contribution in [3.8, 4) is 0 Å². The summed E-state index contributed by atoms with van der Waals surface area (Å²) in [6.07, 6.45) is 1.49. The number of aryl methyl sites for hydroxylation is 1. The van der Waals surface area contributed by atoms with E-state index >= 15 is 4.39 Å². The Hall–Kier alpha value is -2.49. The maximum absolute atomic E-state index is 15.4. The van der Waals surface area contributed by atoms with E-state index in [1.54, 1.807) is 0 Å². The summed E-state index contributed by atoms with van der Waals surface area (Å²) in [6.45, 7) is 0. The van der Waals surface area contributed by atoms with Crippen LogP contribution in [0.3, 0.4) is 0 Å². The van der Waals surface area contributed by atoms with Gasteiger partial charge in [-0.25, -0.2) is 26.7 Å². The molecule has 0 saturated carbocycles. The first-order chi connectivity index (χ1) is 15.3. The Kier molecular flexibility index (Phi) is 6.50. The molecule has 9 heteroatoms. The van der Waals surface area contributed by atoms with E-state index in [1.165, 1.54) is 0 Å². The number of halogens is 3. The Morgan fingerprint density at radius 3 is 2.09 bits per heavy atom. The van der Waals surface area contributed by atoms with Crippen LogP contribution in [0.15, 0.2) is 64.4 Å². The molecule has 0 aliphatic heterocycles. The number of primary sulfonamides is 1. The zero-order chi connectivity index (χ0) is 22.9. The fraction of sp³-hybridized carbons (Fsp3) is 0.217. The van der Waals surface area contributed by atoms with Crippen molar-refractivity contribution in [1.29, 1.82) is 0 Å². The van der Waals surface area contributed by atoms with Gasteiger partial charge in [-0.1, -0.05) is 54.6 Å². The molecule has 0 fully saturated rings. The van der Waals surface area contributed by atoms with Crippen LogP contribution in [0.25, 0.3) is 0 Å². The van der Waals surface area contributed by atoms with Gasteiger partial charge >= 0.3 is 0 Å². The molecule has 3 N–H and O–H groups in total. The van der Waals surface area contributed by atoms with Gasteiger partial charge in [-0.15, -0.1) is 11.8 Å². The summed E-state index contributed by atoms with van der Waals surface area (Å²) in [4.78, 5) is -1.75. The molecule has 3 aromatic rings. The minimum Gasteiger partial charge on any atom is -0.378 e. The van der Waals surface area contributed by atoms with E-state index in [4.69, 9.17) is 5.14 Å². The number of fused-ring (bicyclic) bond motifs is 1. The third kappa shape index (κ3) is 4.65. The second-order valence-electron chi connectivity index (χ2n) is 7.62. The van der Waals surface area contributed by atoms with Crippen molar-refractivity contribution in [2.24, 2.45) is 5.14 Å². The fourth-order valence-corrected chi connectivity index (χ4v) is 5.68. The molecule has 0 amide bonds. The lowest BCUT2D eigenvalue weighted by Crippen LogP contribution is -2.25. The summed E-state index contributed by atoms with van der Waals surface area (Å²) in [5, 5.41) is 7.93. The van der Waals surface area contributed by atoms with Crippen molar-refractivity contribution < 1.29 is 21.6 Å². The summed E-state index contributed by atoms with van der Waals surface area (Å²) in [5.74, 6) is -4.10. The maximum Gasteiger partial charge on any atom is 0.243 e. The second-order valence-corrected chi connectivity index (χ2v) is 10.2. The average Bonchev–Trinajstić information content (AvgIpc) is 3.17. The van der Waals surface area contributed by atoms with Gasteiger partial charge in [0.2, 0.25) is 10.0 Å². The molecule has 0 saturated heterocycles. The first-order valence-electron chi connectivity index (χ1n) is 9.99. The van der Waals surface area contributed by atoms with Gasteiger partial charge in [-0.3, -0.25) is 0 Å². The van der Waals surface area contributed by atoms with Crippen LogP contribution in [0.4, 0.5) is 18.9 Å². The third-order valence-electron chi connectivity index (χ3n) is 5.40. The molecule has 168 valence electrons. The zero-order valence-corrected chi connectivity index (χ0v) is 18.6. The van der Waals surface area contributed by atoms with E-state index in [2.05, 4.69) is 5.32 Å². The van der Waals surface area contributed by atoms with Gasteiger partial charge in [0, 0.05) is 11.8 Å². The first-order valence-corrected chi connectivity index (χ1v) is 12.5. The Bertz CT molecular complexity index is 1230. The molecule has 3 aromatic carbocycles. The van der Waals surface area contributed by atoms with E-state index in [9.17, 15) is 17.2 Å². The molecular formula is C23H21F3N2O2S2. The van der Waals surface area contributed by atoms with Crippen molar-refractivity contribution >= 4 is 27.5 Å². The van der Waals surface area contributed by atoms with Crippen molar-refractivity contribution in [2.75, 3.05) is 11.1 Å². The normalized spacial score (nSPS) is 13.9. The van der Waals surface area contributed by atoms with Gasteiger partial charge < -0.3 is 5.32 Å². The minimum absolute atomic E-state index is 0.278. The second kappa shape index (κ2) is 9.17. The Morgan fingerprint density at radius 1 is 0.906 bits per heavy atom. The van der Waals surface area contributed by atoms with Crippen LogP contribution in [-0.4, -0.2) is 20.2 Å². The quantitative estimate of drug-likeness (QED) is 0.383. The third-order valence-corrected chi connectivity index (χ3v) is 7.41. The number of nitrogens with one attached hydrogen (secondary N) is 1. The van der Waals surface area contributed by atoms with Crippen LogP contribution in [0.1, 0.15) is 16.7 Å².